The summed E-state index contributed by atoms with van der Waals surface area (Å²) in [6, 6.07) is 5.82. The van der Waals surface area contributed by atoms with Gasteiger partial charge in [0.2, 0.25) is 11.8 Å². The van der Waals surface area contributed by atoms with Crippen molar-refractivity contribution < 1.29 is 9.59 Å². The van der Waals surface area contributed by atoms with E-state index in [0.29, 0.717) is 12.1 Å². The molecular formula is C18H28ClN3O2S. The fourth-order valence-corrected chi connectivity index (χ4v) is 3.28. The summed E-state index contributed by atoms with van der Waals surface area (Å²) in [6.07, 6.45) is 0.463. The molecule has 140 valence electrons. The minimum Gasteiger partial charge on any atom is -0.326 e. The average molecular weight is 386 g/mol. The summed E-state index contributed by atoms with van der Waals surface area (Å²) in [5.74, 6) is 2.02. The first-order valence-electron chi connectivity index (χ1n) is 8.29. The summed E-state index contributed by atoms with van der Waals surface area (Å²) in [6.45, 7) is 8.51. The van der Waals surface area contributed by atoms with Crippen LogP contribution < -0.4 is 16.0 Å². The molecule has 25 heavy (non-hydrogen) atoms. The smallest absolute Gasteiger partial charge is 0.229 e. The largest absolute Gasteiger partial charge is 0.326 e. The number of hydrogen-bond acceptors (Lipinski definition) is 4. The highest BCUT2D eigenvalue weighted by Crippen LogP contribution is 2.24. The van der Waals surface area contributed by atoms with Crippen LogP contribution in [0.1, 0.15) is 32.8 Å². The topological polar surface area (TPSA) is 70.2 Å². The molecule has 0 spiro atoms. The molecule has 1 heterocycles. The van der Waals surface area contributed by atoms with Crippen LogP contribution in [0.3, 0.4) is 0 Å². The molecule has 1 fully saturated rings. The molecule has 1 aliphatic heterocycles. The molecule has 2 rings (SSSR count). The normalized spacial score (nSPS) is 17.4. The van der Waals surface area contributed by atoms with Gasteiger partial charge in [0.25, 0.3) is 0 Å². The minimum absolute atomic E-state index is 0. The molecule has 1 atom stereocenters. The van der Waals surface area contributed by atoms with Crippen molar-refractivity contribution in [3.63, 3.8) is 0 Å². The lowest BCUT2D eigenvalue weighted by Gasteiger charge is -2.22. The van der Waals surface area contributed by atoms with Crippen molar-refractivity contribution in [2.75, 3.05) is 28.7 Å². The summed E-state index contributed by atoms with van der Waals surface area (Å²) in [7, 11) is 0. The van der Waals surface area contributed by atoms with Crippen LogP contribution in [-0.2, 0) is 9.59 Å². The van der Waals surface area contributed by atoms with Crippen molar-refractivity contribution >= 4 is 47.4 Å². The lowest BCUT2D eigenvalue weighted by Crippen LogP contribution is -2.39. The van der Waals surface area contributed by atoms with E-state index in [1.807, 2.05) is 57.7 Å². The third-order valence-electron chi connectivity index (χ3n) is 3.88. The SMILES string of the molecule is Cc1ccc(NC(=O)CC2CSCCN2)cc1NC(=O)C(C)(C)C.Cl. The fraction of sp³-hybridized carbons (Fsp3) is 0.556. The number of hydrogen-bond donors (Lipinski definition) is 3. The van der Waals surface area contributed by atoms with Crippen molar-refractivity contribution in [1.29, 1.82) is 0 Å². The van der Waals surface area contributed by atoms with Crippen LogP contribution in [-0.4, -0.2) is 35.9 Å². The second kappa shape index (κ2) is 9.46. The van der Waals surface area contributed by atoms with E-state index in [4.69, 9.17) is 0 Å². The molecule has 1 aromatic rings. The highest BCUT2D eigenvalue weighted by Gasteiger charge is 2.22. The van der Waals surface area contributed by atoms with Gasteiger partial charge < -0.3 is 16.0 Å². The van der Waals surface area contributed by atoms with Gasteiger partial charge >= 0.3 is 0 Å². The molecule has 7 heteroatoms. The Bertz CT molecular complexity index is 611. The Morgan fingerprint density at radius 2 is 2.00 bits per heavy atom. The molecule has 0 bridgehead atoms. The molecule has 0 saturated carbocycles. The van der Waals surface area contributed by atoms with E-state index in [9.17, 15) is 9.59 Å². The van der Waals surface area contributed by atoms with Gasteiger partial charge in [0.1, 0.15) is 0 Å². The van der Waals surface area contributed by atoms with Gasteiger partial charge in [-0.1, -0.05) is 26.8 Å². The number of halogens is 1. The van der Waals surface area contributed by atoms with Crippen LogP contribution in [0, 0.1) is 12.3 Å². The highest BCUT2D eigenvalue weighted by molar-refractivity contribution is 7.99. The Balaban J connectivity index is 0.00000312. The summed E-state index contributed by atoms with van der Waals surface area (Å²) < 4.78 is 0. The summed E-state index contributed by atoms with van der Waals surface area (Å²) in [4.78, 5) is 24.4. The fourth-order valence-electron chi connectivity index (χ4n) is 2.33. The van der Waals surface area contributed by atoms with Crippen LogP contribution in [0.2, 0.25) is 0 Å². The van der Waals surface area contributed by atoms with E-state index in [2.05, 4.69) is 16.0 Å². The maximum absolute atomic E-state index is 12.2. The van der Waals surface area contributed by atoms with Gasteiger partial charge in [-0.05, 0) is 24.6 Å². The van der Waals surface area contributed by atoms with E-state index in [1.165, 1.54) is 0 Å². The molecule has 1 unspecified atom stereocenters. The van der Waals surface area contributed by atoms with Gasteiger partial charge in [-0.2, -0.15) is 11.8 Å². The van der Waals surface area contributed by atoms with Gasteiger partial charge in [-0.3, -0.25) is 9.59 Å². The van der Waals surface area contributed by atoms with Crippen LogP contribution in [0.25, 0.3) is 0 Å². The second-order valence-electron chi connectivity index (χ2n) is 7.21. The van der Waals surface area contributed by atoms with E-state index in [1.54, 1.807) is 0 Å². The zero-order valence-corrected chi connectivity index (χ0v) is 16.9. The first kappa shape index (κ1) is 21.8. The molecule has 2 amide bonds. The molecule has 1 aliphatic rings. The van der Waals surface area contributed by atoms with Crippen molar-refractivity contribution in [1.82, 2.24) is 5.32 Å². The standard InChI is InChI=1S/C18H27N3O2S.ClH/c1-12-5-6-13(9-15(12)21-17(23)18(2,3)4)20-16(22)10-14-11-24-8-7-19-14;/h5-6,9,14,19H,7-8,10-11H2,1-4H3,(H,20,22)(H,21,23);1H. The van der Waals surface area contributed by atoms with Crippen LogP contribution in [0.15, 0.2) is 18.2 Å². The summed E-state index contributed by atoms with van der Waals surface area (Å²) in [5.41, 5.74) is 1.95. The predicted molar refractivity (Wildman–Crippen MR) is 109 cm³/mol. The first-order chi connectivity index (χ1) is 11.3. The number of carbonyl (C=O) groups is 2. The average Bonchev–Trinajstić information content (AvgIpc) is 2.50. The number of thioether (sulfide) groups is 1. The van der Waals surface area contributed by atoms with E-state index in [0.717, 1.165) is 29.3 Å². The highest BCUT2D eigenvalue weighted by atomic mass is 35.5. The number of rotatable bonds is 4. The quantitative estimate of drug-likeness (QED) is 0.742. The third kappa shape index (κ3) is 6.88. The van der Waals surface area contributed by atoms with Crippen LogP contribution >= 0.6 is 24.2 Å². The zero-order chi connectivity index (χ0) is 17.7. The molecule has 5 nitrogen and oxygen atoms in total. The number of amides is 2. The Morgan fingerprint density at radius 1 is 1.28 bits per heavy atom. The molecule has 1 saturated heterocycles. The number of nitrogens with one attached hydrogen (secondary N) is 3. The number of aryl methyl sites for hydroxylation is 1. The molecule has 1 aromatic carbocycles. The van der Waals surface area contributed by atoms with Gasteiger partial charge in [0.05, 0.1) is 0 Å². The van der Waals surface area contributed by atoms with Crippen molar-refractivity contribution in [2.45, 2.75) is 40.2 Å². The van der Waals surface area contributed by atoms with Crippen LogP contribution in [0.5, 0.6) is 0 Å². The monoisotopic (exact) mass is 385 g/mol. The van der Waals surface area contributed by atoms with Gasteiger partial charge in [0, 0.05) is 47.3 Å². The van der Waals surface area contributed by atoms with E-state index in [-0.39, 0.29) is 30.3 Å². The maximum Gasteiger partial charge on any atom is 0.229 e. The second-order valence-corrected chi connectivity index (χ2v) is 8.36. The third-order valence-corrected chi connectivity index (χ3v) is 5.01. The van der Waals surface area contributed by atoms with Gasteiger partial charge in [0.15, 0.2) is 0 Å². The zero-order valence-electron chi connectivity index (χ0n) is 15.3. The van der Waals surface area contributed by atoms with E-state index < -0.39 is 5.41 Å². The Kier molecular flexibility index (Phi) is 8.25. The predicted octanol–water partition coefficient (Wildman–Crippen LogP) is 3.44. The molecule has 0 radical (unpaired) electrons. The Morgan fingerprint density at radius 3 is 2.60 bits per heavy atom. The number of benzene rings is 1. The molecule has 3 N–H and O–H groups in total. The first-order valence-corrected chi connectivity index (χ1v) is 9.44. The molecule has 0 aromatic heterocycles. The van der Waals surface area contributed by atoms with E-state index >= 15 is 0 Å². The molecule has 0 aliphatic carbocycles. The summed E-state index contributed by atoms with van der Waals surface area (Å²) >= 11 is 1.87. The lowest BCUT2D eigenvalue weighted by molar-refractivity contribution is -0.123. The lowest BCUT2D eigenvalue weighted by atomic mass is 9.95. The number of carbonyl (C=O) groups excluding carboxylic acids is 2. The Hall–Kier alpha value is -1.24. The minimum atomic E-state index is -0.462. The number of anilines is 2. The van der Waals surface area contributed by atoms with Crippen molar-refractivity contribution in [3.05, 3.63) is 23.8 Å². The van der Waals surface area contributed by atoms with Crippen molar-refractivity contribution in [2.24, 2.45) is 5.41 Å². The van der Waals surface area contributed by atoms with Gasteiger partial charge in [-0.25, -0.2) is 0 Å². The Labute approximate surface area is 160 Å². The van der Waals surface area contributed by atoms with Crippen molar-refractivity contribution in [3.8, 4) is 0 Å². The maximum atomic E-state index is 12.2. The van der Waals surface area contributed by atoms with Gasteiger partial charge in [-0.15, -0.1) is 12.4 Å². The van der Waals surface area contributed by atoms with Crippen LogP contribution in [0.4, 0.5) is 11.4 Å². The molecular weight excluding hydrogens is 358 g/mol. The summed E-state index contributed by atoms with van der Waals surface area (Å²) in [5, 5.41) is 9.23.